The maximum absolute atomic E-state index is 10.0. The van der Waals surface area contributed by atoms with Crippen LogP contribution in [0, 0.1) is 0 Å². The number of hydrogen-bond donors (Lipinski definition) is 0. The second-order valence-corrected chi connectivity index (χ2v) is 6.19. The average molecular weight is 294 g/mol. The van der Waals surface area contributed by atoms with Crippen LogP contribution in [0.1, 0.15) is 110 Å². The molecule has 0 aliphatic heterocycles. The second-order valence-electron chi connectivity index (χ2n) is 6.19. The predicted octanol–water partition coefficient (Wildman–Crippen LogP) is 6.91. The molecule has 0 aromatic heterocycles. The normalized spacial score (nSPS) is 11.3. The summed E-state index contributed by atoms with van der Waals surface area (Å²) < 4.78 is 0. The van der Waals surface area contributed by atoms with E-state index in [4.69, 9.17) is 0 Å². The van der Waals surface area contributed by atoms with E-state index in [2.05, 4.69) is 19.1 Å². The largest absolute Gasteiger partial charge is 0.291 e. The van der Waals surface area contributed by atoms with Crippen molar-refractivity contribution in [1.29, 1.82) is 0 Å². The van der Waals surface area contributed by atoms with Gasteiger partial charge in [-0.15, -0.1) is 0 Å². The molecule has 123 valence electrons. The zero-order chi connectivity index (χ0) is 15.4. The summed E-state index contributed by atoms with van der Waals surface area (Å²) in [5, 5.41) is 0. The maximum atomic E-state index is 10.0. The van der Waals surface area contributed by atoms with Crippen molar-refractivity contribution >= 4 is 6.29 Å². The van der Waals surface area contributed by atoms with Crippen molar-refractivity contribution in [3.05, 3.63) is 12.2 Å². The van der Waals surface area contributed by atoms with Crippen molar-refractivity contribution in [2.75, 3.05) is 0 Å². The van der Waals surface area contributed by atoms with Crippen molar-refractivity contribution < 1.29 is 4.79 Å². The van der Waals surface area contributed by atoms with Crippen LogP contribution >= 0.6 is 0 Å². The Morgan fingerprint density at radius 2 is 1.05 bits per heavy atom. The summed E-state index contributed by atoms with van der Waals surface area (Å²) in [7, 11) is 0. The minimum absolute atomic E-state index is 0.624. The van der Waals surface area contributed by atoms with E-state index < -0.39 is 0 Å². The van der Waals surface area contributed by atoms with Crippen LogP contribution in [0.2, 0.25) is 0 Å². The maximum Gasteiger partial charge on any atom is 0.198 e. The van der Waals surface area contributed by atoms with Gasteiger partial charge >= 0.3 is 0 Å². The van der Waals surface area contributed by atoms with Crippen molar-refractivity contribution in [2.45, 2.75) is 110 Å². The average Bonchev–Trinajstić information content (AvgIpc) is 2.50. The van der Waals surface area contributed by atoms with Crippen LogP contribution in [-0.4, -0.2) is 6.29 Å². The van der Waals surface area contributed by atoms with Crippen LogP contribution in [0.4, 0.5) is 0 Å². The lowest BCUT2D eigenvalue weighted by Crippen LogP contribution is -1.81. The Balaban J connectivity index is 3.03. The smallest absolute Gasteiger partial charge is 0.198 e. The molecule has 21 heavy (non-hydrogen) atoms. The molecule has 0 aromatic carbocycles. The van der Waals surface area contributed by atoms with Gasteiger partial charge in [-0.05, 0) is 32.1 Å². The highest BCUT2D eigenvalue weighted by molar-refractivity contribution is 5.50. The Bertz CT molecular complexity index is 220. The topological polar surface area (TPSA) is 17.1 Å². The molecule has 0 N–H and O–H groups in total. The fourth-order valence-electron chi connectivity index (χ4n) is 2.62. The van der Waals surface area contributed by atoms with Crippen molar-refractivity contribution in [1.82, 2.24) is 0 Å². The highest BCUT2D eigenvalue weighted by atomic mass is 16.1. The van der Waals surface area contributed by atoms with Crippen LogP contribution in [0.25, 0.3) is 0 Å². The molecule has 0 unspecified atom stereocenters. The molecule has 0 aromatic rings. The standard InChI is InChI=1S/C20H37O/c1-2-3-4-5-6-7-8-9-10-11-12-13-14-15-16-17-18-19-20-21/h11-12H,2-10,13-19H2,1H3. The van der Waals surface area contributed by atoms with Gasteiger partial charge in [0.25, 0.3) is 0 Å². The van der Waals surface area contributed by atoms with E-state index in [1.807, 2.05) is 6.29 Å². The first-order chi connectivity index (χ1) is 10.4. The minimum Gasteiger partial charge on any atom is -0.291 e. The first kappa shape index (κ1) is 20.4. The van der Waals surface area contributed by atoms with Crippen molar-refractivity contribution in [2.24, 2.45) is 0 Å². The Hall–Kier alpha value is -0.590. The molecule has 0 fully saturated rings. The fourth-order valence-corrected chi connectivity index (χ4v) is 2.62. The van der Waals surface area contributed by atoms with E-state index in [-0.39, 0.29) is 0 Å². The van der Waals surface area contributed by atoms with E-state index in [0.717, 1.165) is 6.42 Å². The van der Waals surface area contributed by atoms with E-state index in [9.17, 15) is 4.79 Å². The molecule has 0 aliphatic rings. The molecule has 0 saturated carbocycles. The van der Waals surface area contributed by atoms with Gasteiger partial charge in [0, 0.05) is 6.42 Å². The summed E-state index contributed by atoms with van der Waals surface area (Å²) in [6.45, 7) is 2.28. The Morgan fingerprint density at radius 1 is 0.619 bits per heavy atom. The van der Waals surface area contributed by atoms with E-state index in [1.54, 1.807) is 0 Å². The van der Waals surface area contributed by atoms with E-state index in [1.165, 1.54) is 89.9 Å². The van der Waals surface area contributed by atoms with Crippen molar-refractivity contribution in [3.8, 4) is 0 Å². The van der Waals surface area contributed by atoms with Gasteiger partial charge in [-0.3, -0.25) is 4.79 Å². The zero-order valence-electron chi connectivity index (χ0n) is 14.4. The SMILES string of the molecule is CCCCCCCCCCC=CCCCCCCC[C]=O. The summed E-state index contributed by atoms with van der Waals surface area (Å²) in [6, 6.07) is 0. The Morgan fingerprint density at radius 3 is 1.52 bits per heavy atom. The fraction of sp³-hybridized carbons (Fsp3) is 0.850. The minimum atomic E-state index is 0.624. The number of allylic oxidation sites excluding steroid dienone is 2. The third kappa shape index (κ3) is 19.4. The second kappa shape index (κ2) is 19.4. The first-order valence-electron chi connectivity index (χ1n) is 9.41. The van der Waals surface area contributed by atoms with E-state index >= 15 is 0 Å². The molecular weight excluding hydrogens is 256 g/mol. The lowest BCUT2D eigenvalue weighted by Gasteiger charge is -2.00. The molecule has 0 saturated heterocycles. The molecule has 0 spiro atoms. The third-order valence-electron chi connectivity index (χ3n) is 4.04. The van der Waals surface area contributed by atoms with Gasteiger partial charge in [-0.25, -0.2) is 0 Å². The van der Waals surface area contributed by atoms with Crippen molar-refractivity contribution in [3.63, 3.8) is 0 Å². The summed E-state index contributed by atoms with van der Waals surface area (Å²) in [5.74, 6) is 0. The van der Waals surface area contributed by atoms with Crippen LogP contribution < -0.4 is 0 Å². The van der Waals surface area contributed by atoms with Gasteiger partial charge in [0.05, 0.1) is 0 Å². The zero-order valence-corrected chi connectivity index (χ0v) is 14.4. The first-order valence-corrected chi connectivity index (χ1v) is 9.41. The monoisotopic (exact) mass is 293 g/mol. The lowest BCUT2D eigenvalue weighted by atomic mass is 10.1. The van der Waals surface area contributed by atoms with Crippen LogP contribution in [0.15, 0.2) is 12.2 Å². The van der Waals surface area contributed by atoms with Gasteiger partial charge in [-0.2, -0.15) is 0 Å². The number of unbranched alkanes of at least 4 members (excludes halogenated alkanes) is 14. The summed E-state index contributed by atoms with van der Waals surface area (Å²) in [4.78, 5) is 10.0. The van der Waals surface area contributed by atoms with Gasteiger partial charge in [0.1, 0.15) is 0 Å². The van der Waals surface area contributed by atoms with Crippen LogP contribution in [0.5, 0.6) is 0 Å². The van der Waals surface area contributed by atoms with Crippen LogP contribution in [-0.2, 0) is 4.79 Å². The van der Waals surface area contributed by atoms with E-state index in [0.29, 0.717) is 6.42 Å². The molecule has 0 aliphatic carbocycles. The molecule has 1 nitrogen and oxygen atoms in total. The quantitative estimate of drug-likeness (QED) is 0.210. The number of rotatable bonds is 17. The molecule has 0 bridgehead atoms. The van der Waals surface area contributed by atoms with Gasteiger partial charge in [-0.1, -0.05) is 83.3 Å². The molecule has 0 amide bonds. The summed E-state index contributed by atoms with van der Waals surface area (Å²) >= 11 is 0. The third-order valence-corrected chi connectivity index (χ3v) is 4.04. The Kier molecular flexibility index (Phi) is 18.9. The van der Waals surface area contributed by atoms with Gasteiger partial charge < -0.3 is 0 Å². The van der Waals surface area contributed by atoms with Gasteiger partial charge in [0.2, 0.25) is 0 Å². The van der Waals surface area contributed by atoms with Crippen LogP contribution in [0.3, 0.4) is 0 Å². The predicted molar refractivity (Wildman–Crippen MR) is 94.4 cm³/mol. The lowest BCUT2D eigenvalue weighted by molar-refractivity contribution is 0.542. The number of carbonyl (C=O) groups excluding carboxylic acids is 1. The van der Waals surface area contributed by atoms with Gasteiger partial charge in [0.15, 0.2) is 6.29 Å². The summed E-state index contributed by atoms with van der Waals surface area (Å²) in [6.07, 6.45) is 27.2. The number of hydrogen-bond acceptors (Lipinski definition) is 1. The molecule has 1 radical (unpaired) electrons. The Labute approximate surface area is 133 Å². The molecule has 0 atom stereocenters. The highest BCUT2D eigenvalue weighted by Gasteiger charge is 1.91. The molecule has 0 rings (SSSR count). The molecule has 0 heterocycles. The summed E-state index contributed by atoms with van der Waals surface area (Å²) in [5.41, 5.74) is 0. The molecule has 1 heteroatoms. The molecular formula is C20H37O. The highest BCUT2D eigenvalue weighted by Crippen LogP contribution is 2.10.